The van der Waals surface area contributed by atoms with E-state index in [9.17, 15) is 32.3 Å². The Balaban J connectivity index is 0.000000406. The van der Waals surface area contributed by atoms with Crippen molar-refractivity contribution in [3.05, 3.63) is 39.7 Å². The Morgan fingerprint density at radius 1 is 1.18 bits per heavy atom. The van der Waals surface area contributed by atoms with Crippen LogP contribution in [0.25, 0.3) is 10.9 Å². The molecule has 0 saturated carbocycles. The fourth-order valence-corrected chi connectivity index (χ4v) is 3.72. The molecule has 0 amide bonds. The van der Waals surface area contributed by atoms with E-state index in [-0.39, 0.29) is 47.8 Å². The second-order valence-corrected chi connectivity index (χ2v) is 8.04. The Hall–Kier alpha value is -3.26. The van der Waals surface area contributed by atoms with Crippen LogP contribution < -0.4 is 16.1 Å². The molecule has 4 rings (SSSR count). The van der Waals surface area contributed by atoms with Gasteiger partial charge in [-0.25, -0.2) is 18.4 Å². The molecule has 0 spiro atoms. The third-order valence-corrected chi connectivity index (χ3v) is 5.66. The number of anilines is 1. The van der Waals surface area contributed by atoms with Crippen LogP contribution in [-0.2, 0) is 9.53 Å². The summed E-state index contributed by atoms with van der Waals surface area (Å²) in [5.41, 5.74) is 4.19. The lowest BCUT2D eigenvalue weighted by atomic mass is 10.1. The summed E-state index contributed by atoms with van der Waals surface area (Å²) < 4.78 is 68.5. The van der Waals surface area contributed by atoms with E-state index in [1.165, 1.54) is 9.47 Å². The quantitative estimate of drug-likeness (QED) is 0.553. The summed E-state index contributed by atoms with van der Waals surface area (Å²) in [6.07, 6.45) is -3.97. The first-order valence-electron chi connectivity index (χ1n) is 9.92. The number of hydrogen-bond acceptors (Lipinski definition) is 6. The number of fused-ring (bicyclic) bond motifs is 1. The first-order valence-corrected chi connectivity index (χ1v) is 9.92. The second-order valence-electron chi connectivity index (χ2n) is 8.04. The van der Waals surface area contributed by atoms with Gasteiger partial charge in [-0.05, 0) is 12.0 Å². The summed E-state index contributed by atoms with van der Waals surface area (Å²) in [6, 6.07) is 0.391. The lowest BCUT2D eigenvalue weighted by Gasteiger charge is -2.31. The van der Waals surface area contributed by atoms with Crippen molar-refractivity contribution in [3.8, 4) is 0 Å². The number of aliphatic carboxylic acids is 1. The van der Waals surface area contributed by atoms with Gasteiger partial charge in [-0.15, -0.1) is 0 Å². The zero-order chi connectivity index (χ0) is 25.5. The number of halogens is 5. The number of nitrogens with zero attached hydrogens (tertiary/aromatic N) is 2. The van der Waals surface area contributed by atoms with Gasteiger partial charge in [-0.1, -0.05) is 6.92 Å². The van der Waals surface area contributed by atoms with Gasteiger partial charge in [0.05, 0.1) is 30.2 Å². The van der Waals surface area contributed by atoms with Crippen LogP contribution in [0.3, 0.4) is 0 Å². The van der Waals surface area contributed by atoms with Crippen molar-refractivity contribution in [2.75, 3.05) is 31.2 Å². The molecule has 1 aromatic carbocycles. The number of carboxylic acids is 2. The number of ether oxygens (including phenoxy) is 1. The SMILES string of the molecule is C[C@H]1CN(c2c(F)cc3c(=O)c(C(=O)O)cn(C4COC4)c3c2F)C[C@@H]1N.O=C(O)C(F)(F)F. The minimum absolute atomic E-state index is 0.0658. The number of benzene rings is 1. The van der Waals surface area contributed by atoms with Crippen molar-refractivity contribution >= 4 is 28.5 Å². The van der Waals surface area contributed by atoms with Gasteiger partial charge in [-0.2, -0.15) is 13.2 Å². The number of alkyl halides is 3. The predicted molar refractivity (Wildman–Crippen MR) is 108 cm³/mol. The highest BCUT2D eigenvalue weighted by Gasteiger charge is 2.38. The highest BCUT2D eigenvalue weighted by molar-refractivity contribution is 5.94. The van der Waals surface area contributed by atoms with Gasteiger partial charge in [0, 0.05) is 25.3 Å². The van der Waals surface area contributed by atoms with Gasteiger partial charge in [-0.3, -0.25) is 4.79 Å². The maximum absolute atomic E-state index is 15.5. The molecule has 0 bridgehead atoms. The minimum atomic E-state index is -5.08. The lowest BCUT2D eigenvalue weighted by molar-refractivity contribution is -0.192. The number of pyridine rings is 1. The highest BCUT2D eigenvalue weighted by Crippen LogP contribution is 2.34. The van der Waals surface area contributed by atoms with E-state index in [1.54, 1.807) is 0 Å². The molecule has 2 aliphatic heterocycles. The molecule has 9 nitrogen and oxygen atoms in total. The van der Waals surface area contributed by atoms with E-state index in [0.29, 0.717) is 13.1 Å². The Morgan fingerprint density at radius 3 is 2.18 bits per heavy atom. The molecule has 14 heteroatoms. The monoisotopic (exact) mass is 493 g/mol. The number of rotatable bonds is 3. The average molecular weight is 493 g/mol. The number of aromatic nitrogens is 1. The molecule has 2 saturated heterocycles. The number of carboxylic acid groups (broad SMARTS) is 2. The standard InChI is InChI=1S/C18H19F2N3O4.C2HF3O2/c1-8-3-22(5-13(8)21)16-12(19)2-10-15(14(16)20)23(9-6-27-7-9)4-11(17(10)24)18(25)26;3-2(4,5)1(6)7/h2,4,8-9,13H,3,5-7,21H2,1H3,(H,25,26);(H,6,7)/t8-,13-;/m0./s1. The Bertz CT molecular complexity index is 1180. The number of carbonyl (C=O) groups is 2. The Morgan fingerprint density at radius 2 is 1.76 bits per heavy atom. The fourth-order valence-electron chi connectivity index (χ4n) is 3.72. The van der Waals surface area contributed by atoms with Crippen molar-refractivity contribution in [2.24, 2.45) is 11.7 Å². The van der Waals surface area contributed by atoms with Crippen LogP contribution in [0, 0.1) is 17.6 Å². The maximum Gasteiger partial charge on any atom is 0.490 e. The van der Waals surface area contributed by atoms with Gasteiger partial charge >= 0.3 is 18.1 Å². The molecule has 4 N–H and O–H groups in total. The minimum Gasteiger partial charge on any atom is -0.477 e. The van der Waals surface area contributed by atoms with Crippen molar-refractivity contribution in [1.29, 1.82) is 0 Å². The molecule has 3 heterocycles. The Labute approximate surface area is 188 Å². The number of nitrogens with two attached hydrogens (primary N) is 1. The summed E-state index contributed by atoms with van der Waals surface area (Å²) >= 11 is 0. The molecule has 0 radical (unpaired) electrons. The first kappa shape index (κ1) is 25.4. The molecular weight excluding hydrogens is 473 g/mol. The van der Waals surface area contributed by atoms with E-state index >= 15 is 4.39 Å². The molecule has 34 heavy (non-hydrogen) atoms. The van der Waals surface area contributed by atoms with E-state index in [1.807, 2.05) is 6.92 Å². The summed E-state index contributed by atoms with van der Waals surface area (Å²) in [5.74, 6) is -5.92. The van der Waals surface area contributed by atoms with Gasteiger partial charge in [0.2, 0.25) is 5.43 Å². The molecule has 1 aromatic heterocycles. The van der Waals surface area contributed by atoms with Crippen molar-refractivity contribution in [1.82, 2.24) is 4.57 Å². The van der Waals surface area contributed by atoms with Crippen molar-refractivity contribution < 1.29 is 46.5 Å². The van der Waals surface area contributed by atoms with Crippen LogP contribution in [0.1, 0.15) is 23.3 Å². The van der Waals surface area contributed by atoms with Crippen LogP contribution in [0.2, 0.25) is 0 Å². The molecule has 0 unspecified atom stereocenters. The van der Waals surface area contributed by atoms with Crippen molar-refractivity contribution in [3.63, 3.8) is 0 Å². The smallest absolute Gasteiger partial charge is 0.477 e. The molecule has 186 valence electrons. The van der Waals surface area contributed by atoms with E-state index in [4.69, 9.17) is 20.4 Å². The van der Waals surface area contributed by atoms with Crippen LogP contribution in [0.4, 0.5) is 27.6 Å². The lowest BCUT2D eigenvalue weighted by Crippen LogP contribution is -2.34. The van der Waals surface area contributed by atoms with Crippen LogP contribution >= 0.6 is 0 Å². The topological polar surface area (TPSA) is 135 Å². The van der Waals surface area contributed by atoms with Crippen LogP contribution in [-0.4, -0.2) is 65.2 Å². The summed E-state index contributed by atoms with van der Waals surface area (Å²) in [5, 5.41) is 16.1. The van der Waals surface area contributed by atoms with Gasteiger partial charge < -0.3 is 30.2 Å². The molecule has 0 aliphatic carbocycles. The molecule has 2 fully saturated rings. The summed E-state index contributed by atoms with van der Waals surface area (Å²) in [7, 11) is 0. The molecule has 2 aromatic rings. The summed E-state index contributed by atoms with van der Waals surface area (Å²) in [6.45, 7) is 3.11. The van der Waals surface area contributed by atoms with Crippen molar-refractivity contribution in [2.45, 2.75) is 25.2 Å². The fraction of sp³-hybridized carbons (Fsp3) is 0.450. The van der Waals surface area contributed by atoms with E-state index in [2.05, 4.69) is 0 Å². The normalized spacial score (nSPS) is 20.6. The number of hydrogen-bond donors (Lipinski definition) is 3. The predicted octanol–water partition coefficient (Wildman–Crippen LogP) is 1.97. The highest BCUT2D eigenvalue weighted by atomic mass is 19.4. The zero-order valence-corrected chi connectivity index (χ0v) is 17.6. The average Bonchev–Trinajstić information content (AvgIpc) is 3.00. The zero-order valence-electron chi connectivity index (χ0n) is 17.6. The third kappa shape index (κ3) is 4.68. The molecule has 2 aliphatic rings. The number of aromatic carboxylic acids is 1. The third-order valence-electron chi connectivity index (χ3n) is 5.66. The van der Waals surface area contributed by atoms with Gasteiger partial charge in [0.15, 0.2) is 5.82 Å². The van der Waals surface area contributed by atoms with Gasteiger partial charge in [0.25, 0.3) is 0 Å². The van der Waals surface area contributed by atoms with Crippen LogP contribution in [0.15, 0.2) is 17.1 Å². The molecule has 2 atom stereocenters. The van der Waals surface area contributed by atoms with Crippen LogP contribution in [0.5, 0.6) is 0 Å². The second kappa shape index (κ2) is 9.18. The largest absolute Gasteiger partial charge is 0.490 e. The Kier molecular flexibility index (Phi) is 6.85. The first-order chi connectivity index (χ1) is 15.7. The van der Waals surface area contributed by atoms with E-state index < -0.39 is 40.7 Å². The van der Waals surface area contributed by atoms with Gasteiger partial charge in [0.1, 0.15) is 17.1 Å². The molecular formula is C20H20F5N3O6. The maximum atomic E-state index is 15.5. The van der Waals surface area contributed by atoms with E-state index in [0.717, 1.165) is 12.3 Å². The summed E-state index contributed by atoms with van der Waals surface area (Å²) in [4.78, 5) is 34.3.